The fraction of sp³-hybridized carbons (Fsp3) is 0.273. The van der Waals surface area contributed by atoms with Crippen LogP contribution in [0.4, 0.5) is 4.79 Å². The second kappa shape index (κ2) is 4.42. The van der Waals surface area contributed by atoms with Gasteiger partial charge in [0.2, 0.25) is 0 Å². The Bertz CT molecular complexity index is 549. The van der Waals surface area contributed by atoms with E-state index in [0.717, 1.165) is 16.7 Å². The molecule has 17 heavy (non-hydrogen) atoms. The van der Waals surface area contributed by atoms with Crippen molar-refractivity contribution in [1.29, 1.82) is 0 Å². The van der Waals surface area contributed by atoms with Gasteiger partial charge in [-0.1, -0.05) is 6.07 Å². The van der Waals surface area contributed by atoms with E-state index >= 15 is 0 Å². The van der Waals surface area contributed by atoms with Crippen molar-refractivity contribution < 1.29 is 9.21 Å². The molecule has 6 heteroatoms. The van der Waals surface area contributed by atoms with E-state index in [4.69, 9.17) is 10.3 Å². The van der Waals surface area contributed by atoms with Crippen molar-refractivity contribution in [3.05, 3.63) is 29.7 Å². The number of hydrogen-bond acceptors (Lipinski definition) is 4. The van der Waals surface area contributed by atoms with Gasteiger partial charge in [0.05, 0.1) is 0 Å². The van der Waals surface area contributed by atoms with Crippen molar-refractivity contribution in [2.24, 2.45) is 5.84 Å². The van der Waals surface area contributed by atoms with Crippen LogP contribution in [0, 0.1) is 6.92 Å². The summed E-state index contributed by atoms with van der Waals surface area (Å²) in [6.45, 7) is 2.26. The first kappa shape index (κ1) is 11.4. The number of fused-ring (bicyclic) bond motifs is 1. The number of hydrazine groups is 1. The molecule has 0 aliphatic heterocycles. The summed E-state index contributed by atoms with van der Waals surface area (Å²) in [4.78, 5) is 16.9. The maximum absolute atomic E-state index is 11.2. The van der Waals surface area contributed by atoms with Crippen LogP contribution in [0.25, 0.3) is 11.1 Å². The molecular weight excluding hydrogens is 220 g/mol. The first-order valence-electron chi connectivity index (χ1n) is 5.18. The van der Waals surface area contributed by atoms with Gasteiger partial charge in [0.25, 0.3) is 0 Å². The Kier molecular flexibility index (Phi) is 2.97. The molecule has 2 rings (SSSR count). The Hall–Kier alpha value is -2.08. The minimum atomic E-state index is -0.334. The van der Waals surface area contributed by atoms with Crippen molar-refractivity contribution in [3.8, 4) is 0 Å². The topological polar surface area (TPSA) is 84.4 Å². The zero-order valence-corrected chi connectivity index (χ0v) is 9.73. The lowest BCUT2D eigenvalue weighted by Gasteiger charge is -2.15. The van der Waals surface area contributed by atoms with Gasteiger partial charge in [-0.25, -0.2) is 15.6 Å². The van der Waals surface area contributed by atoms with Crippen molar-refractivity contribution >= 4 is 17.1 Å². The molecular formula is C11H14N4O2. The average Bonchev–Trinajstić information content (AvgIpc) is 2.67. The Morgan fingerprint density at radius 3 is 3.06 bits per heavy atom. The Labute approximate surface area is 98.4 Å². The van der Waals surface area contributed by atoms with Crippen LogP contribution < -0.4 is 11.3 Å². The van der Waals surface area contributed by atoms with Crippen LogP contribution in [0.2, 0.25) is 0 Å². The van der Waals surface area contributed by atoms with Gasteiger partial charge in [-0.15, -0.1) is 0 Å². The summed E-state index contributed by atoms with van der Waals surface area (Å²) in [5.74, 6) is 5.68. The van der Waals surface area contributed by atoms with Gasteiger partial charge in [-0.3, -0.25) is 5.43 Å². The molecule has 2 amide bonds. The third-order valence-electron chi connectivity index (χ3n) is 2.45. The minimum absolute atomic E-state index is 0.334. The molecule has 0 spiro atoms. The second-order valence-corrected chi connectivity index (χ2v) is 3.84. The molecule has 0 unspecified atom stereocenters. The largest absolute Gasteiger partial charge is 0.441 e. The second-order valence-electron chi connectivity index (χ2n) is 3.84. The average molecular weight is 234 g/mol. The third-order valence-corrected chi connectivity index (χ3v) is 2.45. The number of aromatic nitrogens is 1. The Balaban J connectivity index is 2.21. The molecule has 6 nitrogen and oxygen atoms in total. The summed E-state index contributed by atoms with van der Waals surface area (Å²) in [7, 11) is 1.66. The summed E-state index contributed by atoms with van der Waals surface area (Å²) in [5.41, 5.74) is 4.58. The lowest BCUT2D eigenvalue weighted by Crippen LogP contribution is -2.40. The highest BCUT2D eigenvalue weighted by Gasteiger charge is 2.08. The number of nitrogens with two attached hydrogens (primary N) is 1. The minimum Gasteiger partial charge on any atom is -0.441 e. The van der Waals surface area contributed by atoms with Crippen LogP contribution in [0.1, 0.15) is 11.5 Å². The maximum atomic E-state index is 11.2. The van der Waals surface area contributed by atoms with Gasteiger partial charge >= 0.3 is 6.03 Å². The van der Waals surface area contributed by atoms with Crippen LogP contribution in [0.5, 0.6) is 0 Å². The van der Waals surface area contributed by atoms with E-state index in [9.17, 15) is 4.79 Å². The molecule has 1 aromatic carbocycles. The molecule has 0 radical (unpaired) electrons. The zero-order valence-electron chi connectivity index (χ0n) is 9.73. The third kappa shape index (κ3) is 2.36. The number of hydrogen-bond donors (Lipinski definition) is 2. The molecule has 0 fully saturated rings. The number of rotatable bonds is 2. The zero-order chi connectivity index (χ0) is 12.4. The normalized spacial score (nSPS) is 10.5. The van der Waals surface area contributed by atoms with E-state index < -0.39 is 0 Å². The monoisotopic (exact) mass is 234 g/mol. The maximum Gasteiger partial charge on any atom is 0.331 e. The number of carbonyl (C=O) groups is 1. The van der Waals surface area contributed by atoms with E-state index in [2.05, 4.69) is 10.4 Å². The van der Waals surface area contributed by atoms with Crippen molar-refractivity contribution in [3.63, 3.8) is 0 Å². The van der Waals surface area contributed by atoms with Gasteiger partial charge in [-0.05, 0) is 17.7 Å². The van der Waals surface area contributed by atoms with E-state index in [-0.39, 0.29) is 6.03 Å². The Morgan fingerprint density at radius 2 is 2.35 bits per heavy atom. The lowest BCUT2D eigenvalue weighted by molar-refractivity contribution is 0.207. The van der Waals surface area contributed by atoms with Gasteiger partial charge in [-0.2, -0.15) is 0 Å². The first-order chi connectivity index (χ1) is 8.10. The molecule has 0 bridgehead atoms. The van der Waals surface area contributed by atoms with Gasteiger partial charge in [0.15, 0.2) is 11.5 Å². The summed E-state index contributed by atoms with van der Waals surface area (Å²) in [6, 6.07) is 5.31. The fourth-order valence-electron chi connectivity index (χ4n) is 1.64. The van der Waals surface area contributed by atoms with Crippen molar-refractivity contribution in [2.45, 2.75) is 13.5 Å². The smallest absolute Gasteiger partial charge is 0.331 e. The van der Waals surface area contributed by atoms with Crippen LogP contribution in [-0.2, 0) is 6.54 Å². The molecule has 2 aromatic rings. The highest BCUT2D eigenvalue weighted by molar-refractivity contribution is 5.75. The molecule has 3 N–H and O–H groups in total. The highest BCUT2D eigenvalue weighted by Crippen LogP contribution is 2.17. The van der Waals surface area contributed by atoms with Crippen LogP contribution in [0.3, 0.4) is 0 Å². The predicted octanol–water partition coefficient (Wildman–Crippen LogP) is 1.15. The molecule has 0 atom stereocenters. The summed E-state index contributed by atoms with van der Waals surface area (Å²) in [5, 5.41) is 0. The highest BCUT2D eigenvalue weighted by atomic mass is 16.3. The molecule has 0 saturated carbocycles. The number of aryl methyl sites for hydroxylation is 1. The van der Waals surface area contributed by atoms with Gasteiger partial charge in [0.1, 0.15) is 5.52 Å². The SMILES string of the molecule is Cc1nc2ccc(CN(C)C(=O)NN)cc2o1. The number of urea groups is 1. The van der Waals surface area contributed by atoms with Crippen LogP contribution in [0.15, 0.2) is 22.6 Å². The summed E-state index contributed by atoms with van der Waals surface area (Å²) in [6.07, 6.45) is 0. The predicted molar refractivity (Wildman–Crippen MR) is 62.9 cm³/mol. The van der Waals surface area contributed by atoms with E-state index in [1.807, 2.05) is 18.2 Å². The van der Waals surface area contributed by atoms with Crippen LogP contribution >= 0.6 is 0 Å². The number of nitrogens with zero attached hydrogens (tertiary/aromatic N) is 2. The quantitative estimate of drug-likeness (QED) is 0.464. The molecule has 90 valence electrons. The molecule has 1 heterocycles. The van der Waals surface area contributed by atoms with Gasteiger partial charge in [0, 0.05) is 20.5 Å². The first-order valence-corrected chi connectivity index (χ1v) is 5.18. The van der Waals surface area contributed by atoms with Crippen molar-refractivity contribution in [2.75, 3.05) is 7.05 Å². The fourth-order valence-corrected chi connectivity index (χ4v) is 1.64. The molecule has 0 aliphatic carbocycles. The summed E-state index contributed by atoms with van der Waals surface area (Å²) >= 11 is 0. The molecule has 0 saturated heterocycles. The van der Waals surface area contributed by atoms with Gasteiger partial charge < -0.3 is 9.32 Å². The Morgan fingerprint density at radius 1 is 1.59 bits per heavy atom. The number of oxazole rings is 1. The number of nitrogens with one attached hydrogen (secondary N) is 1. The van der Waals surface area contributed by atoms with E-state index in [1.165, 1.54) is 4.90 Å². The standard InChI is InChI=1S/C11H14N4O2/c1-7-13-9-4-3-8(5-10(9)17-7)6-15(2)11(16)14-12/h3-5H,6,12H2,1-2H3,(H,14,16). The van der Waals surface area contributed by atoms with Crippen LogP contribution in [-0.4, -0.2) is 23.0 Å². The lowest BCUT2D eigenvalue weighted by atomic mass is 10.2. The number of amides is 2. The summed E-state index contributed by atoms with van der Waals surface area (Å²) < 4.78 is 5.42. The van der Waals surface area contributed by atoms with E-state index in [1.54, 1.807) is 14.0 Å². The van der Waals surface area contributed by atoms with E-state index in [0.29, 0.717) is 12.4 Å². The number of benzene rings is 1. The molecule has 1 aromatic heterocycles. The van der Waals surface area contributed by atoms with Crippen molar-refractivity contribution in [1.82, 2.24) is 15.3 Å². The number of carbonyl (C=O) groups excluding carboxylic acids is 1. The molecule has 0 aliphatic rings.